The molecule has 5 aromatic rings. The minimum atomic E-state index is -0.393. The second kappa shape index (κ2) is 15.4. The van der Waals surface area contributed by atoms with Crippen molar-refractivity contribution in [3.63, 3.8) is 0 Å². The molecule has 0 fully saturated rings. The first-order valence-corrected chi connectivity index (χ1v) is 17.5. The highest BCUT2D eigenvalue weighted by Gasteiger charge is 2.36. The van der Waals surface area contributed by atoms with E-state index in [9.17, 15) is 9.59 Å². The van der Waals surface area contributed by atoms with Crippen molar-refractivity contribution < 1.29 is 23.8 Å². The lowest BCUT2D eigenvalue weighted by Crippen LogP contribution is -2.30. The van der Waals surface area contributed by atoms with E-state index < -0.39 is 6.04 Å². The van der Waals surface area contributed by atoms with Gasteiger partial charge in [-0.3, -0.25) is 14.2 Å². The van der Waals surface area contributed by atoms with E-state index in [0.29, 0.717) is 34.7 Å². The molecular weight excluding hydrogens is 661 g/mol. The predicted molar refractivity (Wildman–Crippen MR) is 190 cm³/mol. The molecule has 0 aliphatic carbocycles. The zero-order chi connectivity index (χ0) is 34.3. The summed E-state index contributed by atoms with van der Waals surface area (Å²) in [6, 6.07) is 24.5. The average molecular weight is 697 g/mol. The number of methoxy groups -OCH3 is 2. The zero-order valence-corrected chi connectivity index (χ0v) is 29.2. The minimum absolute atomic E-state index is 0.0459. The van der Waals surface area contributed by atoms with Gasteiger partial charge in [-0.2, -0.15) is 5.10 Å². The van der Waals surface area contributed by atoms with Gasteiger partial charge in [-0.25, -0.2) is 5.01 Å². The average Bonchev–Trinajstić information content (AvgIpc) is 3.90. The Morgan fingerprint density at radius 2 is 1.82 bits per heavy atom. The molecule has 11 nitrogen and oxygen atoms in total. The van der Waals surface area contributed by atoms with Crippen molar-refractivity contribution in [2.75, 3.05) is 26.6 Å². The Kier molecular flexibility index (Phi) is 10.6. The lowest BCUT2D eigenvalue weighted by Gasteiger charge is -2.24. The fraction of sp³-hybridized carbons (Fsp3) is 0.250. The van der Waals surface area contributed by atoms with E-state index in [0.717, 1.165) is 33.0 Å². The van der Waals surface area contributed by atoms with Gasteiger partial charge in [0.2, 0.25) is 0 Å². The maximum absolute atomic E-state index is 14.1. The molecule has 2 amide bonds. The molecule has 0 unspecified atom stereocenters. The summed E-state index contributed by atoms with van der Waals surface area (Å²) in [5.41, 5.74) is 4.55. The van der Waals surface area contributed by atoms with Gasteiger partial charge in [0.25, 0.3) is 11.8 Å². The summed E-state index contributed by atoms with van der Waals surface area (Å²) in [4.78, 5) is 27.8. The van der Waals surface area contributed by atoms with Gasteiger partial charge in [-0.05, 0) is 60.7 Å². The first kappa shape index (κ1) is 33.7. The van der Waals surface area contributed by atoms with E-state index in [4.69, 9.17) is 19.3 Å². The van der Waals surface area contributed by atoms with Gasteiger partial charge in [0.1, 0.15) is 5.75 Å². The third-order valence-corrected chi connectivity index (χ3v) is 9.78. The van der Waals surface area contributed by atoms with E-state index in [1.54, 1.807) is 42.7 Å². The van der Waals surface area contributed by atoms with Crippen molar-refractivity contribution in [1.29, 1.82) is 0 Å². The number of thiophene rings is 1. The third-order valence-electron chi connectivity index (χ3n) is 7.95. The van der Waals surface area contributed by atoms with Crippen LogP contribution < -0.4 is 19.5 Å². The summed E-state index contributed by atoms with van der Waals surface area (Å²) < 4.78 is 18.8. The highest BCUT2D eigenvalue weighted by atomic mass is 32.2. The summed E-state index contributed by atoms with van der Waals surface area (Å²) in [6.07, 6.45) is 0.525. The molecule has 0 saturated heterocycles. The number of ether oxygens (including phenoxy) is 3. The molecule has 1 N–H and O–H groups in total. The highest BCUT2D eigenvalue weighted by molar-refractivity contribution is 7.99. The quantitative estimate of drug-likeness (QED) is 0.146. The Morgan fingerprint density at radius 3 is 2.57 bits per heavy atom. The molecule has 3 heterocycles. The molecule has 252 valence electrons. The number of carbonyl (C=O) groups excluding carboxylic acids is 2. The van der Waals surface area contributed by atoms with E-state index >= 15 is 0 Å². The topological polar surface area (TPSA) is 120 Å². The van der Waals surface area contributed by atoms with Crippen molar-refractivity contribution >= 4 is 40.6 Å². The molecule has 0 saturated carbocycles. The van der Waals surface area contributed by atoms with Gasteiger partial charge >= 0.3 is 0 Å². The predicted octanol–water partition coefficient (Wildman–Crippen LogP) is 6.13. The number of nitrogens with zero attached hydrogens (tertiary/aromatic N) is 5. The molecule has 1 atom stereocenters. The Bertz CT molecular complexity index is 1960. The molecule has 0 radical (unpaired) electrons. The maximum Gasteiger partial charge on any atom is 0.258 e. The highest BCUT2D eigenvalue weighted by Crippen LogP contribution is 2.42. The van der Waals surface area contributed by atoms with Gasteiger partial charge in [0.15, 0.2) is 29.1 Å². The van der Waals surface area contributed by atoms with Crippen molar-refractivity contribution in [1.82, 2.24) is 25.1 Å². The standard InChI is InChI=1S/C36H36N6O5S2/c1-23-15-16-24(2)28(18-23)41-32(20-37-33(43)21-47-25-10-6-5-7-11-25)38-39-36(41)49-22-34(44)42-29(19-27(40-42)31-14-9-17-48-31)26-12-8-13-30(45-3)35(26)46-4/h5-18,29H,19-22H2,1-4H3,(H,37,43)/t29-/m1/s1. The van der Waals surface area contributed by atoms with Crippen LogP contribution in [0.15, 0.2) is 94.5 Å². The van der Waals surface area contributed by atoms with Gasteiger partial charge in [-0.1, -0.05) is 60.3 Å². The summed E-state index contributed by atoms with van der Waals surface area (Å²) >= 11 is 2.85. The first-order chi connectivity index (χ1) is 23.9. The second-order valence-corrected chi connectivity index (χ2v) is 13.1. The molecule has 0 bridgehead atoms. The van der Waals surface area contributed by atoms with Crippen LogP contribution in [0.4, 0.5) is 0 Å². The fourth-order valence-electron chi connectivity index (χ4n) is 5.55. The number of nitrogens with one attached hydrogen (secondary N) is 1. The number of aryl methyl sites for hydroxylation is 2. The van der Waals surface area contributed by atoms with Crippen LogP contribution in [0.25, 0.3) is 5.69 Å². The van der Waals surface area contributed by atoms with Gasteiger partial charge in [0.05, 0.1) is 48.8 Å². The number of thioether (sulfide) groups is 1. The largest absolute Gasteiger partial charge is 0.493 e. The molecule has 6 rings (SSSR count). The number of hydrogen-bond acceptors (Lipinski definition) is 10. The maximum atomic E-state index is 14.1. The zero-order valence-electron chi connectivity index (χ0n) is 27.6. The number of rotatable bonds is 13. The third kappa shape index (κ3) is 7.63. The number of hydrazone groups is 1. The lowest BCUT2D eigenvalue weighted by molar-refractivity contribution is -0.130. The lowest BCUT2D eigenvalue weighted by atomic mass is 9.99. The van der Waals surface area contributed by atoms with E-state index in [2.05, 4.69) is 15.5 Å². The molecule has 1 aliphatic rings. The van der Waals surface area contributed by atoms with Crippen LogP contribution in [0.5, 0.6) is 17.2 Å². The second-order valence-electron chi connectivity index (χ2n) is 11.3. The summed E-state index contributed by atoms with van der Waals surface area (Å²) in [6.45, 7) is 3.99. The normalized spacial score (nSPS) is 14.0. The summed E-state index contributed by atoms with van der Waals surface area (Å²) in [7, 11) is 3.18. The Morgan fingerprint density at radius 1 is 0.980 bits per heavy atom. The van der Waals surface area contributed by atoms with Crippen LogP contribution >= 0.6 is 23.1 Å². The van der Waals surface area contributed by atoms with E-state index in [1.165, 1.54) is 11.8 Å². The van der Waals surface area contributed by atoms with Crippen molar-refractivity contribution in [2.45, 2.75) is 38.0 Å². The molecular formula is C36H36N6O5S2. The van der Waals surface area contributed by atoms with Gasteiger partial charge in [-0.15, -0.1) is 21.5 Å². The molecule has 49 heavy (non-hydrogen) atoms. The minimum Gasteiger partial charge on any atom is -0.493 e. The summed E-state index contributed by atoms with van der Waals surface area (Å²) in [5.74, 6) is 1.83. The number of carbonyl (C=O) groups is 2. The van der Waals surface area contributed by atoms with Crippen LogP contribution in [-0.2, 0) is 16.1 Å². The number of hydrogen-bond donors (Lipinski definition) is 1. The number of amides is 2. The molecule has 0 spiro atoms. The smallest absolute Gasteiger partial charge is 0.258 e. The Hall–Kier alpha value is -5.14. The first-order valence-electron chi connectivity index (χ1n) is 15.6. The molecule has 13 heteroatoms. The van der Waals surface area contributed by atoms with Crippen molar-refractivity contribution in [3.8, 4) is 22.9 Å². The molecule has 2 aromatic heterocycles. The SMILES string of the molecule is COc1cccc([C@H]2CC(c3cccs3)=NN2C(=O)CSc2nnc(CNC(=O)COc3ccccc3)n2-c2cc(C)ccc2C)c1OC. The van der Waals surface area contributed by atoms with E-state index in [-0.39, 0.29) is 30.7 Å². The Balaban J connectivity index is 1.24. The number of aromatic nitrogens is 3. The van der Waals surface area contributed by atoms with Gasteiger partial charge in [0, 0.05) is 12.0 Å². The number of benzene rings is 3. The summed E-state index contributed by atoms with van der Waals surface area (Å²) in [5, 5.41) is 20.7. The molecule has 3 aromatic carbocycles. The fourth-order valence-corrected chi connectivity index (χ4v) is 7.08. The van der Waals surface area contributed by atoms with Crippen LogP contribution in [-0.4, -0.2) is 63.9 Å². The van der Waals surface area contributed by atoms with Crippen molar-refractivity contribution in [2.24, 2.45) is 5.10 Å². The molecule has 1 aliphatic heterocycles. The van der Waals surface area contributed by atoms with Crippen LogP contribution in [0.3, 0.4) is 0 Å². The van der Waals surface area contributed by atoms with E-state index in [1.807, 2.05) is 90.5 Å². The van der Waals surface area contributed by atoms with Crippen molar-refractivity contribution in [3.05, 3.63) is 112 Å². The van der Waals surface area contributed by atoms with Crippen LogP contribution in [0.1, 0.15) is 39.9 Å². The monoisotopic (exact) mass is 696 g/mol. The van der Waals surface area contributed by atoms with Crippen LogP contribution in [0.2, 0.25) is 0 Å². The van der Waals surface area contributed by atoms with Crippen LogP contribution in [0, 0.1) is 13.8 Å². The van der Waals surface area contributed by atoms with Gasteiger partial charge < -0.3 is 19.5 Å². The Labute approximate surface area is 292 Å². The number of para-hydroxylation sites is 2.